The van der Waals surface area contributed by atoms with Crippen LogP contribution in [-0.4, -0.2) is 42.3 Å². The third-order valence-electron chi connectivity index (χ3n) is 4.96. The van der Waals surface area contributed by atoms with Crippen molar-refractivity contribution in [1.82, 2.24) is 0 Å². The number of carbonyl (C=O) groups excluding carboxylic acids is 3. The zero-order valence-electron chi connectivity index (χ0n) is 18.0. The Morgan fingerprint density at radius 2 is 1.83 bits per heavy atom. The molecule has 4 atom stereocenters. The van der Waals surface area contributed by atoms with Crippen LogP contribution >= 0.6 is 0 Å². The van der Waals surface area contributed by atoms with Gasteiger partial charge in [0.1, 0.15) is 6.10 Å². The molecule has 30 heavy (non-hydrogen) atoms. The largest absolute Gasteiger partial charge is 0.458 e. The summed E-state index contributed by atoms with van der Waals surface area (Å²) in [5, 5.41) is 0. The van der Waals surface area contributed by atoms with Crippen LogP contribution in [0.15, 0.2) is 30.3 Å². The fourth-order valence-electron chi connectivity index (χ4n) is 3.58. The van der Waals surface area contributed by atoms with Crippen molar-refractivity contribution in [2.24, 2.45) is 0 Å². The molecule has 0 aliphatic carbocycles. The summed E-state index contributed by atoms with van der Waals surface area (Å²) in [4.78, 5) is 35.6. The van der Waals surface area contributed by atoms with Crippen LogP contribution in [0.3, 0.4) is 0 Å². The van der Waals surface area contributed by atoms with Gasteiger partial charge in [0.05, 0.1) is 12.7 Å². The molecular formula is C23H32O7. The molecule has 0 spiro atoms. The average Bonchev–Trinajstić information content (AvgIpc) is 2.71. The first-order valence-corrected chi connectivity index (χ1v) is 10.6. The number of unbranched alkanes of at least 4 members (excludes halogenated alkanes) is 1. The summed E-state index contributed by atoms with van der Waals surface area (Å²) in [7, 11) is 0. The van der Waals surface area contributed by atoms with Crippen molar-refractivity contribution in [1.29, 1.82) is 0 Å². The molecule has 166 valence electrons. The van der Waals surface area contributed by atoms with Gasteiger partial charge in [0.25, 0.3) is 0 Å². The van der Waals surface area contributed by atoms with Gasteiger partial charge < -0.3 is 18.9 Å². The van der Waals surface area contributed by atoms with Gasteiger partial charge in [-0.1, -0.05) is 50.1 Å². The van der Waals surface area contributed by atoms with E-state index in [2.05, 4.69) is 6.92 Å². The van der Waals surface area contributed by atoms with Crippen LogP contribution < -0.4 is 0 Å². The van der Waals surface area contributed by atoms with Gasteiger partial charge in [0.15, 0.2) is 12.2 Å². The molecular weight excluding hydrogens is 388 g/mol. The van der Waals surface area contributed by atoms with Gasteiger partial charge in [0.2, 0.25) is 0 Å². The van der Waals surface area contributed by atoms with Crippen LogP contribution in [0.2, 0.25) is 0 Å². The van der Waals surface area contributed by atoms with E-state index < -0.39 is 36.4 Å². The van der Waals surface area contributed by atoms with Gasteiger partial charge in [0, 0.05) is 20.3 Å². The molecule has 1 aromatic carbocycles. The lowest BCUT2D eigenvalue weighted by Crippen LogP contribution is -2.52. The van der Waals surface area contributed by atoms with Crippen molar-refractivity contribution < 1.29 is 33.3 Å². The number of rotatable bonds is 11. The van der Waals surface area contributed by atoms with E-state index in [0.717, 1.165) is 18.4 Å². The number of hydrogen-bond donors (Lipinski definition) is 0. The highest BCUT2D eigenvalue weighted by Gasteiger charge is 2.43. The minimum atomic E-state index is -0.923. The summed E-state index contributed by atoms with van der Waals surface area (Å²) in [5.74, 6) is -1.39. The highest BCUT2D eigenvalue weighted by atomic mass is 16.6. The zero-order chi connectivity index (χ0) is 21.9. The highest BCUT2D eigenvalue weighted by Crippen LogP contribution is 2.27. The van der Waals surface area contributed by atoms with Gasteiger partial charge in [-0.3, -0.25) is 14.4 Å². The maximum absolute atomic E-state index is 11.9. The molecule has 0 bridgehead atoms. The number of cyclic esters (lactones) is 1. The summed E-state index contributed by atoms with van der Waals surface area (Å²) >= 11 is 0. The predicted octanol–water partition coefficient (Wildman–Crippen LogP) is 3.72. The third kappa shape index (κ3) is 7.78. The molecule has 1 fully saturated rings. The predicted molar refractivity (Wildman–Crippen MR) is 109 cm³/mol. The van der Waals surface area contributed by atoms with Gasteiger partial charge in [-0.25, -0.2) is 0 Å². The molecule has 1 aliphatic rings. The Morgan fingerprint density at radius 1 is 1.13 bits per heavy atom. The monoisotopic (exact) mass is 420 g/mol. The van der Waals surface area contributed by atoms with E-state index in [4.69, 9.17) is 18.9 Å². The first-order valence-electron chi connectivity index (χ1n) is 10.6. The Labute approximate surface area is 178 Å². The summed E-state index contributed by atoms with van der Waals surface area (Å²) in [6, 6.07) is 9.67. The first kappa shape index (κ1) is 23.9. The van der Waals surface area contributed by atoms with Crippen LogP contribution in [0.5, 0.6) is 0 Å². The fraction of sp³-hybridized carbons (Fsp3) is 0.609. The van der Waals surface area contributed by atoms with Gasteiger partial charge >= 0.3 is 17.9 Å². The fourth-order valence-corrected chi connectivity index (χ4v) is 3.58. The molecule has 0 unspecified atom stereocenters. The maximum atomic E-state index is 11.9. The number of ether oxygens (including phenoxy) is 4. The van der Waals surface area contributed by atoms with Crippen LogP contribution in [-0.2, 0) is 39.9 Å². The number of hydrogen-bond acceptors (Lipinski definition) is 7. The molecule has 1 heterocycles. The molecule has 0 aromatic heterocycles. The van der Waals surface area contributed by atoms with Crippen LogP contribution in [0.25, 0.3) is 0 Å². The van der Waals surface area contributed by atoms with Crippen molar-refractivity contribution >= 4 is 17.9 Å². The van der Waals surface area contributed by atoms with E-state index in [1.807, 2.05) is 30.3 Å². The lowest BCUT2D eigenvalue weighted by molar-refractivity contribution is -0.201. The second kappa shape index (κ2) is 12.3. The second-order valence-corrected chi connectivity index (χ2v) is 7.55. The smallest absolute Gasteiger partial charge is 0.306 e. The Kier molecular flexibility index (Phi) is 9.80. The van der Waals surface area contributed by atoms with E-state index in [1.165, 1.54) is 13.8 Å². The summed E-state index contributed by atoms with van der Waals surface area (Å²) in [6.07, 6.45) is 0.863. The maximum Gasteiger partial charge on any atom is 0.306 e. The van der Waals surface area contributed by atoms with Crippen molar-refractivity contribution in [2.75, 3.05) is 0 Å². The summed E-state index contributed by atoms with van der Waals surface area (Å²) in [6.45, 7) is 4.97. The first-order chi connectivity index (χ1) is 14.4. The van der Waals surface area contributed by atoms with Gasteiger partial charge in [-0.15, -0.1) is 0 Å². The minimum Gasteiger partial charge on any atom is -0.458 e. The topological polar surface area (TPSA) is 88.1 Å². The average molecular weight is 421 g/mol. The van der Waals surface area contributed by atoms with Gasteiger partial charge in [-0.05, 0) is 24.8 Å². The molecule has 7 heteroatoms. The molecule has 0 radical (unpaired) electrons. The number of esters is 3. The molecule has 0 N–H and O–H groups in total. The zero-order valence-corrected chi connectivity index (χ0v) is 18.0. The molecule has 1 aromatic rings. The van der Waals surface area contributed by atoms with Crippen LogP contribution in [0.4, 0.5) is 0 Å². The number of carbonyl (C=O) groups is 3. The Morgan fingerprint density at radius 3 is 2.43 bits per heavy atom. The van der Waals surface area contributed by atoms with Crippen molar-refractivity contribution in [2.45, 2.75) is 90.3 Å². The SMILES string of the molecule is CCCC[C@H](OCc1ccccc1)[C@@H](OC(C)=O)[C@H](OC(C)=O)[C@H]1CCCC(=O)O1. The molecule has 1 aliphatic heterocycles. The van der Waals surface area contributed by atoms with E-state index >= 15 is 0 Å². The standard InChI is InChI=1S/C23H32O7/c1-4-5-12-19(27-15-18-10-7-6-8-11-18)22(28-16(2)24)23(29-17(3)25)20-13-9-14-21(26)30-20/h6-8,10-11,19-20,22-23H,4-5,9,12-15H2,1-3H3/t19-,20+,22+,23+/m0/s1. The third-order valence-corrected chi connectivity index (χ3v) is 4.96. The molecule has 7 nitrogen and oxygen atoms in total. The summed E-state index contributed by atoms with van der Waals surface area (Å²) < 4.78 is 22.8. The van der Waals surface area contributed by atoms with Crippen molar-refractivity contribution in [3.8, 4) is 0 Å². The Hall–Kier alpha value is -2.41. The van der Waals surface area contributed by atoms with Crippen molar-refractivity contribution in [3.05, 3.63) is 35.9 Å². The van der Waals surface area contributed by atoms with Crippen LogP contribution in [0, 0.1) is 0 Å². The molecule has 0 saturated carbocycles. The lowest BCUT2D eigenvalue weighted by Gasteiger charge is -2.37. The highest BCUT2D eigenvalue weighted by molar-refractivity contribution is 5.70. The molecule has 1 saturated heterocycles. The normalized spacial score (nSPS) is 19.3. The van der Waals surface area contributed by atoms with Crippen LogP contribution in [0.1, 0.15) is 64.9 Å². The summed E-state index contributed by atoms with van der Waals surface area (Å²) in [5.41, 5.74) is 0.980. The second-order valence-electron chi connectivity index (χ2n) is 7.55. The minimum absolute atomic E-state index is 0.324. The van der Waals surface area contributed by atoms with E-state index in [-0.39, 0.29) is 5.97 Å². The molecule has 0 amide bonds. The Balaban J connectivity index is 2.28. The molecule has 2 rings (SSSR count). The van der Waals surface area contributed by atoms with E-state index in [0.29, 0.717) is 32.3 Å². The van der Waals surface area contributed by atoms with E-state index in [9.17, 15) is 14.4 Å². The quantitative estimate of drug-likeness (QED) is 0.398. The Bertz CT molecular complexity index is 688. The number of benzene rings is 1. The van der Waals surface area contributed by atoms with Crippen molar-refractivity contribution in [3.63, 3.8) is 0 Å². The van der Waals surface area contributed by atoms with Gasteiger partial charge in [-0.2, -0.15) is 0 Å². The van der Waals surface area contributed by atoms with E-state index in [1.54, 1.807) is 0 Å². The lowest BCUT2D eigenvalue weighted by atomic mass is 9.94.